The molecule has 5 nitrogen and oxygen atoms in total. The minimum atomic E-state index is 0.498. The molecule has 0 spiro atoms. The summed E-state index contributed by atoms with van der Waals surface area (Å²) in [4.78, 5) is 10.4. The van der Waals surface area contributed by atoms with Crippen molar-refractivity contribution >= 4 is 11.6 Å². The van der Waals surface area contributed by atoms with E-state index in [2.05, 4.69) is 35.2 Å². The lowest BCUT2D eigenvalue weighted by Crippen LogP contribution is -2.19. The molecule has 0 aliphatic heterocycles. The largest absolute Gasteiger partial charge is 0.370 e. The molecule has 0 amide bonds. The van der Waals surface area contributed by atoms with Crippen molar-refractivity contribution in [3.05, 3.63) is 12.4 Å². The smallest absolute Gasteiger partial charge is 0.133 e. The van der Waals surface area contributed by atoms with Gasteiger partial charge in [-0.3, -0.25) is 0 Å². The van der Waals surface area contributed by atoms with E-state index in [-0.39, 0.29) is 0 Å². The van der Waals surface area contributed by atoms with Crippen molar-refractivity contribution in [2.75, 3.05) is 30.4 Å². The highest BCUT2D eigenvalue weighted by molar-refractivity contribution is 5.47. The number of hydrogen-bond donors (Lipinski definition) is 1. The molecule has 0 unspecified atom stereocenters. The summed E-state index contributed by atoms with van der Waals surface area (Å²) in [5, 5.41) is 11.9. The third-order valence-electron chi connectivity index (χ3n) is 2.87. The fourth-order valence-corrected chi connectivity index (χ4v) is 1.71. The molecule has 0 aliphatic rings. The first-order valence-corrected chi connectivity index (χ1v) is 6.77. The minimum absolute atomic E-state index is 0.498. The average molecular weight is 261 g/mol. The summed E-state index contributed by atoms with van der Waals surface area (Å²) in [7, 11) is 1.93. The number of anilines is 2. The molecule has 0 atom stereocenters. The normalized spacial score (nSPS) is 10.3. The van der Waals surface area contributed by atoms with Crippen molar-refractivity contribution in [1.82, 2.24) is 9.97 Å². The third-order valence-corrected chi connectivity index (χ3v) is 2.87. The van der Waals surface area contributed by atoms with Gasteiger partial charge in [-0.25, -0.2) is 9.97 Å². The van der Waals surface area contributed by atoms with Gasteiger partial charge in [-0.05, 0) is 18.8 Å². The van der Waals surface area contributed by atoms with Crippen molar-refractivity contribution in [1.29, 1.82) is 5.26 Å². The Balaban J connectivity index is 2.45. The molecule has 5 heteroatoms. The number of rotatable bonds is 8. The molecule has 1 rings (SSSR count). The molecule has 1 N–H and O–H groups in total. The molecule has 0 bridgehead atoms. The standard InChI is InChI=1S/C14H23N5/c1-12(2)6-4-8-16-13-10-14(18-11-17-13)19(3)9-5-7-15/h10-12H,4-6,8-9H2,1-3H3,(H,16,17,18). The lowest BCUT2D eigenvalue weighted by atomic mass is 10.1. The van der Waals surface area contributed by atoms with Crippen LogP contribution in [-0.2, 0) is 0 Å². The van der Waals surface area contributed by atoms with Crippen molar-refractivity contribution in [2.45, 2.75) is 33.1 Å². The van der Waals surface area contributed by atoms with Gasteiger partial charge in [0.1, 0.15) is 18.0 Å². The molecule has 1 heterocycles. The Morgan fingerprint density at radius 3 is 2.89 bits per heavy atom. The molecular formula is C14H23N5. The Morgan fingerprint density at radius 1 is 1.42 bits per heavy atom. The number of aromatic nitrogens is 2. The van der Waals surface area contributed by atoms with Crippen molar-refractivity contribution in [3.8, 4) is 6.07 Å². The molecule has 104 valence electrons. The summed E-state index contributed by atoms with van der Waals surface area (Å²) in [5.41, 5.74) is 0. The van der Waals surface area contributed by atoms with Crippen LogP contribution in [0.1, 0.15) is 33.1 Å². The van der Waals surface area contributed by atoms with Gasteiger partial charge in [0.05, 0.1) is 12.5 Å². The summed E-state index contributed by atoms with van der Waals surface area (Å²) in [6, 6.07) is 4.06. The highest BCUT2D eigenvalue weighted by atomic mass is 15.2. The van der Waals surface area contributed by atoms with Crippen LogP contribution in [0.15, 0.2) is 12.4 Å². The monoisotopic (exact) mass is 261 g/mol. The predicted molar refractivity (Wildman–Crippen MR) is 78.1 cm³/mol. The Bertz CT molecular complexity index is 411. The lowest BCUT2D eigenvalue weighted by molar-refractivity contribution is 0.566. The van der Waals surface area contributed by atoms with Gasteiger partial charge in [0.2, 0.25) is 0 Å². The molecule has 1 aromatic heterocycles. The SMILES string of the molecule is CC(C)CCCNc1cc(N(C)CCC#N)ncn1. The predicted octanol–water partition coefficient (Wildman–Crippen LogP) is 2.67. The van der Waals surface area contributed by atoms with E-state index < -0.39 is 0 Å². The average Bonchev–Trinajstić information content (AvgIpc) is 2.41. The number of nitriles is 1. The van der Waals surface area contributed by atoms with Gasteiger partial charge in [0.15, 0.2) is 0 Å². The molecule has 0 saturated carbocycles. The van der Waals surface area contributed by atoms with E-state index in [1.807, 2.05) is 18.0 Å². The van der Waals surface area contributed by atoms with E-state index in [1.165, 1.54) is 6.42 Å². The van der Waals surface area contributed by atoms with Gasteiger partial charge < -0.3 is 10.2 Å². The quantitative estimate of drug-likeness (QED) is 0.729. The highest BCUT2D eigenvalue weighted by Crippen LogP contribution is 2.13. The van der Waals surface area contributed by atoms with E-state index in [0.29, 0.717) is 13.0 Å². The molecule has 0 radical (unpaired) electrons. The number of hydrogen-bond acceptors (Lipinski definition) is 5. The molecule has 0 aliphatic carbocycles. The van der Waals surface area contributed by atoms with E-state index in [0.717, 1.165) is 30.5 Å². The fraction of sp³-hybridized carbons (Fsp3) is 0.643. The highest BCUT2D eigenvalue weighted by Gasteiger charge is 2.04. The number of nitrogens with one attached hydrogen (secondary N) is 1. The van der Waals surface area contributed by atoms with Crippen LogP contribution in [0.5, 0.6) is 0 Å². The molecule has 1 aromatic rings. The molecular weight excluding hydrogens is 238 g/mol. The third kappa shape index (κ3) is 6.05. The Labute approximate surface area is 115 Å². The lowest BCUT2D eigenvalue weighted by Gasteiger charge is -2.17. The second-order valence-electron chi connectivity index (χ2n) is 5.05. The molecule has 19 heavy (non-hydrogen) atoms. The first-order chi connectivity index (χ1) is 9.13. The van der Waals surface area contributed by atoms with Gasteiger partial charge >= 0.3 is 0 Å². The second kappa shape index (κ2) is 8.30. The summed E-state index contributed by atoms with van der Waals surface area (Å²) in [5.74, 6) is 2.43. The minimum Gasteiger partial charge on any atom is -0.370 e. The van der Waals surface area contributed by atoms with Crippen LogP contribution in [0.25, 0.3) is 0 Å². The van der Waals surface area contributed by atoms with Crippen LogP contribution < -0.4 is 10.2 Å². The summed E-state index contributed by atoms with van der Waals surface area (Å²) < 4.78 is 0. The summed E-state index contributed by atoms with van der Waals surface area (Å²) in [6.07, 6.45) is 4.41. The van der Waals surface area contributed by atoms with Crippen LogP contribution in [0.4, 0.5) is 11.6 Å². The zero-order chi connectivity index (χ0) is 14.1. The van der Waals surface area contributed by atoms with Crippen LogP contribution in [0.2, 0.25) is 0 Å². The second-order valence-corrected chi connectivity index (χ2v) is 5.05. The van der Waals surface area contributed by atoms with Gasteiger partial charge in [0.25, 0.3) is 0 Å². The maximum atomic E-state index is 8.58. The van der Waals surface area contributed by atoms with E-state index in [1.54, 1.807) is 6.33 Å². The maximum absolute atomic E-state index is 8.58. The van der Waals surface area contributed by atoms with Gasteiger partial charge in [-0.1, -0.05) is 13.8 Å². The van der Waals surface area contributed by atoms with E-state index >= 15 is 0 Å². The van der Waals surface area contributed by atoms with Crippen LogP contribution in [0, 0.1) is 17.2 Å². The Kier molecular flexibility index (Phi) is 6.65. The first kappa shape index (κ1) is 15.2. The zero-order valence-corrected chi connectivity index (χ0v) is 12.1. The van der Waals surface area contributed by atoms with Gasteiger partial charge in [0, 0.05) is 26.2 Å². The van der Waals surface area contributed by atoms with Gasteiger partial charge in [-0.2, -0.15) is 5.26 Å². The summed E-state index contributed by atoms with van der Waals surface area (Å²) >= 11 is 0. The number of nitrogens with zero attached hydrogens (tertiary/aromatic N) is 4. The van der Waals surface area contributed by atoms with Crippen molar-refractivity contribution in [3.63, 3.8) is 0 Å². The molecule has 0 fully saturated rings. The van der Waals surface area contributed by atoms with Crippen molar-refractivity contribution in [2.24, 2.45) is 5.92 Å². The van der Waals surface area contributed by atoms with Crippen molar-refractivity contribution < 1.29 is 0 Å². The van der Waals surface area contributed by atoms with E-state index in [4.69, 9.17) is 5.26 Å². The van der Waals surface area contributed by atoms with Gasteiger partial charge in [-0.15, -0.1) is 0 Å². The summed E-state index contributed by atoms with van der Waals surface area (Å²) in [6.45, 7) is 6.07. The van der Waals surface area contributed by atoms with Crippen LogP contribution in [-0.4, -0.2) is 30.1 Å². The fourth-order valence-electron chi connectivity index (χ4n) is 1.71. The topological polar surface area (TPSA) is 64.8 Å². The first-order valence-electron chi connectivity index (χ1n) is 6.77. The Morgan fingerprint density at radius 2 is 2.21 bits per heavy atom. The van der Waals surface area contributed by atoms with E-state index in [9.17, 15) is 0 Å². The van der Waals surface area contributed by atoms with Crippen LogP contribution >= 0.6 is 0 Å². The Hall–Kier alpha value is -1.83. The zero-order valence-electron chi connectivity index (χ0n) is 12.1. The van der Waals surface area contributed by atoms with Crippen LogP contribution in [0.3, 0.4) is 0 Å². The molecule has 0 saturated heterocycles. The molecule has 0 aromatic carbocycles. The maximum Gasteiger partial charge on any atom is 0.133 e.